The minimum absolute atomic E-state index is 0.0209. The van der Waals surface area contributed by atoms with E-state index in [9.17, 15) is 10.1 Å². The van der Waals surface area contributed by atoms with Crippen molar-refractivity contribution in [2.75, 3.05) is 6.61 Å². The Bertz CT molecular complexity index is 1930. The van der Waals surface area contributed by atoms with Gasteiger partial charge in [-0.2, -0.15) is 13.2 Å². The van der Waals surface area contributed by atoms with Crippen molar-refractivity contribution in [3.8, 4) is 11.5 Å². The van der Waals surface area contributed by atoms with Gasteiger partial charge in [0.15, 0.2) is 17.3 Å². The van der Waals surface area contributed by atoms with E-state index in [0.717, 1.165) is 10.9 Å². The predicted octanol–water partition coefficient (Wildman–Crippen LogP) is 6.96. The number of alkyl halides is 3. The number of nitro groups is 1. The second-order valence-electron chi connectivity index (χ2n) is 11.8. The molecule has 0 N–H and O–H groups in total. The first-order chi connectivity index (χ1) is 21.1. The number of nitrogens with zero attached hydrogens (tertiary/aromatic N) is 2. The molecular formula is C33H24BrF3N2O5. The molecule has 1 fully saturated rings. The van der Waals surface area contributed by atoms with E-state index in [4.69, 9.17) is 9.47 Å². The van der Waals surface area contributed by atoms with Gasteiger partial charge >= 0.3 is 6.18 Å². The molecule has 1 spiro atoms. The summed E-state index contributed by atoms with van der Waals surface area (Å²) in [7, 11) is 0. The highest BCUT2D eigenvalue weighted by Crippen LogP contribution is 2.70. The van der Waals surface area contributed by atoms with E-state index in [0.29, 0.717) is 26.5 Å². The molecular weight excluding hydrogens is 641 g/mol. The van der Waals surface area contributed by atoms with Crippen molar-refractivity contribution in [1.29, 1.82) is 0 Å². The maximum absolute atomic E-state index is 15.4. The van der Waals surface area contributed by atoms with Gasteiger partial charge in [-0.05, 0) is 52.9 Å². The maximum atomic E-state index is 15.4. The summed E-state index contributed by atoms with van der Waals surface area (Å²) in [6.45, 7) is 1.85. The lowest BCUT2D eigenvalue weighted by molar-refractivity contribution is -0.599. The first kappa shape index (κ1) is 27.6. The van der Waals surface area contributed by atoms with Crippen LogP contribution in [0.15, 0.2) is 77.3 Å². The largest absolute Gasteiger partial charge is 0.490 e. The molecule has 0 unspecified atom stereocenters. The fraction of sp³-hybridized carbons (Fsp3) is 0.303. The average molecular weight is 665 g/mol. The Balaban J connectivity index is 1.56. The number of carbonyl (C=O) groups is 1. The zero-order chi connectivity index (χ0) is 30.8. The van der Waals surface area contributed by atoms with Crippen LogP contribution in [-0.4, -0.2) is 46.1 Å². The van der Waals surface area contributed by atoms with Crippen molar-refractivity contribution in [1.82, 2.24) is 4.90 Å². The Morgan fingerprint density at radius 2 is 1.82 bits per heavy atom. The highest BCUT2D eigenvalue weighted by molar-refractivity contribution is 9.10. The predicted molar refractivity (Wildman–Crippen MR) is 158 cm³/mol. The summed E-state index contributed by atoms with van der Waals surface area (Å²) in [6.07, 6.45) is -8.09. The van der Waals surface area contributed by atoms with Crippen LogP contribution in [0, 0.1) is 10.1 Å². The van der Waals surface area contributed by atoms with E-state index in [2.05, 4.69) is 15.9 Å². The van der Waals surface area contributed by atoms with Crippen LogP contribution in [0.1, 0.15) is 45.5 Å². The van der Waals surface area contributed by atoms with E-state index in [1.807, 2.05) is 24.3 Å². The third kappa shape index (κ3) is 3.18. The number of Topliss-reactive ketones (excluding diaryl/α,β-unsaturated/α-hetero) is 1. The van der Waals surface area contributed by atoms with Crippen LogP contribution in [0.5, 0.6) is 11.5 Å². The van der Waals surface area contributed by atoms with Gasteiger partial charge in [0.2, 0.25) is 0 Å². The van der Waals surface area contributed by atoms with Crippen molar-refractivity contribution in [2.45, 2.75) is 55.2 Å². The lowest BCUT2D eigenvalue weighted by Gasteiger charge is -2.44. The summed E-state index contributed by atoms with van der Waals surface area (Å²) in [5.74, 6) is -2.24. The summed E-state index contributed by atoms with van der Waals surface area (Å²) in [5, 5.41) is 15.0. The second-order valence-corrected chi connectivity index (χ2v) is 12.7. The van der Waals surface area contributed by atoms with E-state index in [-0.39, 0.29) is 36.6 Å². The van der Waals surface area contributed by atoms with Crippen molar-refractivity contribution < 1.29 is 32.4 Å². The highest BCUT2D eigenvalue weighted by Gasteiger charge is 2.86. The number of fused-ring (bicyclic) bond motifs is 9. The van der Waals surface area contributed by atoms with Gasteiger partial charge in [-0.25, -0.2) is 0 Å². The van der Waals surface area contributed by atoms with Crippen LogP contribution in [-0.2, 0) is 18.5 Å². The van der Waals surface area contributed by atoms with Crippen LogP contribution in [0.25, 0.3) is 10.8 Å². The third-order valence-corrected chi connectivity index (χ3v) is 10.4. The third-order valence-electron chi connectivity index (χ3n) is 9.95. The molecule has 1 saturated heterocycles. The molecule has 3 heterocycles. The molecule has 4 aromatic rings. The molecule has 44 heavy (non-hydrogen) atoms. The van der Waals surface area contributed by atoms with E-state index >= 15 is 18.0 Å². The van der Waals surface area contributed by atoms with Gasteiger partial charge in [-0.1, -0.05) is 76.6 Å². The smallest absolute Gasteiger partial charge is 0.432 e. The number of hydrogen-bond donors (Lipinski definition) is 0. The van der Waals surface area contributed by atoms with Gasteiger partial charge in [0.1, 0.15) is 5.54 Å². The molecule has 0 saturated carbocycles. The zero-order valence-corrected chi connectivity index (χ0v) is 24.8. The molecule has 224 valence electrons. The number of rotatable bonds is 3. The summed E-state index contributed by atoms with van der Waals surface area (Å²) < 4.78 is 58.2. The molecule has 0 amide bonds. The van der Waals surface area contributed by atoms with Gasteiger partial charge in [0.05, 0.1) is 18.6 Å². The average Bonchev–Trinajstić information content (AvgIpc) is 3.40. The Morgan fingerprint density at radius 1 is 1.09 bits per heavy atom. The zero-order valence-electron chi connectivity index (χ0n) is 23.2. The van der Waals surface area contributed by atoms with Crippen LogP contribution in [0.2, 0.25) is 0 Å². The molecule has 7 nitrogen and oxygen atoms in total. The van der Waals surface area contributed by atoms with Crippen molar-refractivity contribution in [2.24, 2.45) is 0 Å². The van der Waals surface area contributed by atoms with Crippen molar-refractivity contribution in [3.05, 3.63) is 115 Å². The van der Waals surface area contributed by atoms with E-state index in [1.54, 1.807) is 54.3 Å². The topological polar surface area (TPSA) is 81.9 Å². The number of halogens is 4. The number of hydrogen-bond acceptors (Lipinski definition) is 6. The van der Waals surface area contributed by atoms with Gasteiger partial charge in [0, 0.05) is 27.1 Å². The van der Waals surface area contributed by atoms with Crippen molar-refractivity contribution in [3.63, 3.8) is 0 Å². The summed E-state index contributed by atoms with van der Waals surface area (Å²) in [4.78, 5) is 29.7. The minimum atomic E-state index is -5.16. The Kier molecular flexibility index (Phi) is 5.67. The fourth-order valence-electron chi connectivity index (χ4n) is 8.60. The molecule has 5 atom stereocenters. The molecule has 0 radical (unpaired) electrons. The maximum Gasteiger partial charge on any atom is 0.432 e. The number of benzene rings is 4. The Hall–Kier alpha value is -3.96. The number of carbonyl (C=O) groups excluding carboxylic acids is 1. The second kappa shape index (κ2) is 9.04. The van der Waals surface area contributed by atoms with Crippen LogP contribution >= 0.6 is 15.9 Å². The van der Waals surface area contributed by atoms with Crippen LogP contribution in [0.3, 0.4) is 0 Å². The van der Waals surface area contributed by atoms with Gasteiger partial charge < -0.3 is 9.47 Å². The summed E-state index contributed by atoms with van der Waals surface area (Å²) in [6, 6.07) is 19.5. The molecule has 3 aliphatic heterocycles. The van der Waals surface area contributed by atoms with Crippen molar-refractivity contribution >= 4 is 32.5 Å². The number of ether oxygens (including phenoxy) is 2. The van der Waals surface area contributed by atoms with Crippen LogP contribution < -0.4 is 9.47 Å². The molecule has 0 aromatic heterocycles. The Morgan fingerprint density at radius 3 is 2.52 bits per heavy atom. The quantitative estimate of drug-likeness (QED) is 0.174. The fourth-order valence-corrected chi connectivity index (χ4v) is 9.06. The SMILES string of the molecule is CCOc1cc(Br)cc2c1O[C@H](C(F)(F)F)[C@@]1([N+](=O)[O-])[C@@H]3Cc4ccccc4CN3[C@@]3(C(=O)c4cccc5cccc3c45)[C@@H]21. The highest BCUT2D eigenvalue weighted by atomic mass is 79.9. The monoisotopic (exact) mass is 664 g/mol. The van der Waals surface area contributed by atoms with Crippen LogP contribution in [0.4, 0.5) is 13.2 Å². The van der Waals surface area contributed by atoms with Gasteiger partial charge in [0.25, 0.3) is 11.6 Å². The minimum Gasteiger partial charge on any atom is -0.490 e. The van der Waals surface area contributed by atoms with Gasteiger partial charge in [-0.15, -0.1) is 0 Å². The molecule has 1 aliphatic carbocycles. The lowest BCUT2D eigenvalue weighted by atomic mass is 9.63. The normalized spacial score (nSPS) is 28.3. The first-order valence-corrected chi connectivity index (χ1v) is 15.1. The summed E-state index contributed by atoms with van der Waals surface area (Å²) >= 11 is 3.46. The van der Waals surface area contributed by atoms with E-state index in [1.165, 1.54) is 6.07 Å². The molecule has 4 aliphatic rings. The summed E-state index contributed by atoms with van der Waals surface area (Å²) in [5.41, 5.74) is -2.15. The number of ketones is 1. The molecule has 4 aromatic carbocycles. The Labute approximate surface area is 257 Å². The van der Waals surface area contributed by atoms with E-state index < -0.39 is 46.0 Å². The lowest BCUT2D eigenvalue weighted by Crippen LogP contribution is -2.69. The molecule has 0 bridgehead atoms. The molecule has 11 heteroatoms. The molecule has 8 rings (SSSR count). The first-order valence-electron chi connectivity index (χ1n) is 14.3. The van der Waals surface area contributed by atoms with Gasteiger partial charge in [-0.3, -0.25) is 19.8 Å². The standard InChI is InChI=1S/C33H24BrF3N2O5/c1-2-43-24-15-20(34)14-22-27(24)44-30(33(35,36)37)32(39(41)42)25-13-18-7-3-4-8-19(18)16-38(25)31(28(22)32)23-12-6-10-17-9-5-11-21(26(17)23)29(31)40/h3-12,14-15,25,28,30H,2,13,16H2,1H3/t25-,28+,30-,31+,32+/m0/s1.